The van der Waals surface area contributed by atoms with Crippen molar-refractivity contribution in [3.63, 3.8) is 0 Å². The van der Waals surface area contributed by atoms with Gasteiger partial charge in [0.2, 0.25) is 5.91 Å². The van der Waals surface area contributed by atoms with Crippen molar-refractivity contribution in [3.8, 4) is 5.75 Å². The molecule has 1 amide bonds. The smallest absolute Gasteiger partial charge is 0.334 e. The number of aliphatic carboxylic acids is 1. The van der Waals surface area contributed by atoms with Crippen LogP contribution in [0.3, 0.4) is 0 Å². The van der Waals surface area contributed by atoms with Gasteiger partial charge in [-0.1, -0.05) is 6.07 Å². The van der Waals surface area contributed by atoms with Gasteiger partial charge in [-0.2, -0.15) is 0 Å². The quantitative estimate of drug-likeness (QED) is 0.923. The van der Waals surface area contributed by atoms with Gasteiger partial charge in [0, 0.05) is 13.0 Å². The van der Waals surface area contributed by atoms with Crippen molar-refractivity contribution in [2.75, 3.05) is 7.11 Å². The number of aryl methyl sites for hydroxylation is 1. The SMILES string of the molecule is COc1ccc2c(c1)C(C(=O)O)(N(C(C)=O)C(C)C)CC2. The summed E-state index contributed by atoms with van der Waals surface area (Å²) in [4.78, 5) is 25.7. The van der Waals surface area contributed by atoms with E-state index < -0.39 is 11.5 Å². The molecule has 0 saturated carbocycles. The average molecular weight is 291 g/mol. The lowest BCUT2D eigenvalue weighted by Crippen LogP contribution is -2.55. The van der Waals surface area contributed by atoms with E-state index in [0.29, 0.717) is 24.2 Å². The number of hydrogen-bond donors (Lipinski definition) is 1. The molecular weight excluding hydrogens is 270 g/mol. The van der Waals surface area contributed by atoms with Gasteiger partial charge in [-0.25, -0.2) is 4.79 Å². The van der Waals surface area contributed by atoms with E-state index in [1.807, 2.05) is 26.0 Å². The fraction of sp³-hybridized carbons (Fsp3) is 0.500. The Morgan fingerprint density at radius 1 is 1.38 bits per heavy atom. The van der Waals surface area contributed by atoms with Crippen molar-refractivity contribution in [1.29, 1.82) is 0 Å². The molecule has 0 spiro atoms. The Kier molecular flexibility index (Phi) is 3.94. The summed E-state index contributed by atoms with van der Waals surface area (Å²) in [5.74, 6) is -0.616. The second-order valence-corrected chi connectivity index (χ2v) is 5.67. The summed E-state index contributed by atoms with van der Waals surface area (Å²) in [5.41, 5.74) is 0.326. The molecular formula is C16H21NO4. The van der Waals surface area contributed by atoms with Gasteiger partial charge in [0.05, 0.1) is 7.11 Å². The summed E-state index contributed by atoms with van der Waals surface area (Å²) < 4.78 is 5.22. The zero-order valence-electron chi connectivity index (χ0n) is 12.8. The zero-order valence-corrected chi connectivity index (χ0v) is 12.8. The second kappa shape index (κ2) is 5.39. The first kappa shape index (κ1) is 15.4. The molecule has 21 heavy (non-hydrogen) atoms. The molecule has 1 aliphatic rings. The molecule has 0 saturated heterocycles. The van der Waals surface area contributed by atoms with Crippen LogP contribution in [0.2, 0.25) is 0 Å². The second-order valence-electron chi connectivity index (χ2n) is 5.67. The van der Waals surface area contributed by atoms with E-state index in [9.17, 15) is 14.7 Å². The van der Waals surface area contributed by atoms with Crippen LogP contribution in [0, 0.1) is 0 Å². The van der Waals surface area contributed by atoms with E-state index in [1.54, 1.807) is 13.2 Å². The van der Waals surface area contributed by atoms with E-state index in [4.69, 9.17) is 4.74 Å². The summed E-state index contributed by atoms with van der Waals surface area (Å²) in [6, 6.07) is 5.26. The maximum absolute atomic E-state index is 12.1. The molecule has 5 heteroatoms. The predicted octanol–water partition coefficient (Wildman–Crippen LogP) is 2.18. The summed E-state index contributed by atoms with van der Waals surface area (Å²) >= 11 is 0. The minimum Gasteiger partial charge on any atom is -0.497 e. The zero-order chi connectivity index (χ0) is 15.8. The predicted molar refractivity (Wildman–Crippen MR) is 78.3 cm³/mol. The van der Waals surface area contributed by atoms with Crippen LogP contribution >= 0.6 is 0 Å². The summed E-state index contributed by atoms with van der Waals surface area (Å²) in [5, 5.41) is 9.91. The molecule has 2 rings (SSSR count). The number of carbonyl (C=O) groups excluding carboxylic acids is 1. The minimum absolute atomic E-state index is 0.198. The van der Waals surface area contributed by atoms with E-state index >= 15 is 0 Å². The Balaban J connectivity index is 2.67. The van der Waals surface area contributed by atoms with Crippen LogP contribution in [-0.4, -0.2) is 35.0 Å². The van der Waals surface area contributed by atoms with Crippen molar-refractivity contribution in [3.05, 3.63) is 29.3 Å². The Bertz CT molecular complexity index is 582. The number of benzene rings is 1. The van der Waals surface area contributed by atoms with Gasteiger partial charge >= 0.3 is 5.97 Å². The maximum atomic E-state index is 12.1. The highest BCUT2D eigenvalue weighted by atomic mass is 16.5. The Morgan fingerprint density at radius 2 is 2.05 bits per heavy atom. The van der Waals surface area contributed by atoms with Gasteiger partial charge in [-0.15, -0.1) is 0 Å². The molecule has 1 aromatic rings. The minimum atomic E-state index is -1.30. The van der Waals surface area contributed by atoms with Gasteiger partial charge in [0.25, 0.3) is 0 Å². The molecule has 1 atom stereocenters. The molecule has 1 aliphatic carbocycles. The molecule has 114 valence electrons. The molecule has 5 nitrogen and oxygen atoms in total. The summed E-state index contributed by atoms with van der Waals surface area (Å²) in [6.45, 7) is 5.09. The van der Waals surface area contributed by atoms with E-state index in [0.717, 1.165) is 5.56 Å². The molecule has 0 radical (unpaired) electrons. The van der Waals surface area contributed by atoms with E-state index in [2.05, 4.69) is 0 Å². The number of fused-ring (bicyclic) bond motifs is 1. The first-order valence-corrected chi connectivity index (χ1v) is 7.05. The lowest BCUT2D eigenvalue weighted by Gasteiger charge is -2.41. The molecule has 1 N–H and O–H groups in total. The lowest BCUT2D eigenvalue weighted by atomic mass is 9.88. The monoisotopic (exact) mass is 291 g/mol. The van der Waals surface area contributed by atoms with Gasteiger partial charge in [0.1, 0.15) is 5.75 Å². The number of amides is 1. The van der Waals surface area contributed by atoms with E-state index in [1.165, 1.54) is 11.8 Å². The number of carboxylic acids is 1. The van der Waals surface area contributed by atoms with Crippen molar-refractivity contribution >= 4 is 11.9 Å². The number of methoxy groups -OCH3 is 1. The van der Waals surface area contributed by atoms with Crippen molar-refractivity contribution in [1.82, 2.24) is 4.90 Å². The number of nitrogens with zero attached hydrogens (tertiary/aromatic N) is 1. The third-order valence-corrected chi connectivity index (χ3v) is 4.14. The number of carbonyl (C=O) groups is 2. The molecule has 0 fully saturated rings. The molecule has 0 bridgehead atoms. The largest absolute Gasteiger partial charge is 0.497 e. The Labute approximate surface area is 124 Å². The highest BCUT2D eigenvalue weighted by molar-refractivity contribution is 5.89. The van der Waals surface area contributed by atoms with Crippen LogP contribution in [0.4, 0.5) is 0 Å². The topological polar surface area (TPSA) is 66.8 Å². The van der Waals surface area contributed by atoms with Crippen LogP contribution in [0.1, 0.15) is 38.3 Å². The number of rotatable bonds is 4. The van der Waals surface area contributed by atoms with Crippen LogP contribution in [-0.2, 0) is 21.5 Å². The normalized spacial score (nSPS) is 20.2. The first-order valence-electron chi connectivity index (χ1n) is 7.05. The van der Waals surface area contributed by atoms with Crippen molar-refractivity contribution in [2.24, 2.45) is 0 Å². The molecule has 0 heterocycles. The highest BCUT2D eigenvalue weighted by Crippen LogP contribution is 2.44. The Morgan fingerprint density at radius 3 is 2.52 bits per heavy atom. The van der Waals surface area contributed by atoms with Crippen molar-refractivity contribution < 1.29 is 19.4 Å². The van der Waals surface area contributed by atoms with Gasteiger partial charge in [-0.3, -0.25) is 4.79 Å². The summed E-state index contributed by atoms with van der Waals surface area (Å²) in [7, 11) is 1.55. The van der Waals surface area contributed by atoms with Gasteiger partial charge in [0.15, 0.2) is 5.54 Å². The molecule has 0 aromatic heterocycles. The van der Waals surface area contributed by atoms with E-state index in [-0.39, 0.29) is 11.9 Å². The average Bonchev–Trinajstić information content (AvgIpc) is 2.78. The van der Waals surface area contributed by atoms with Crippen molar-refractivity contribution in [2.45, 2.75) is 45.2 Å². The number of ether oxygens (including phenoxy) is 1. The third kappa shape index (κ3) is 2.26. The highest BCUT2D eigenvalue weighted by Gasteiger charge is 2.52. The van der Waals surface area contributed by atoms with Crippen LogP contribution in [0.25, 0.3) is 0 Å². The van der Waals surface area contributed by atoms with Crippen LogP contribution < -0.4 is 4.74 Å². The fourth-order valence-electron chi connectivity index (χ4n) is 3.38. The standard InChI is InChI=1S/C16H21NO4/c1-10(2)17(11(3)18)16(15(19)20)8-7-12-5-6-13(21-4)9-14(12)16/h5-6,9-10H,7-8H2,1-4H3,(H,19,20). The molecule has 1 aromatic carbocycles. The Hall–Kier alpha value is -2.04. The van der Waals surface area contributed by atoms with Crippen LogP contribution in [0.15, 0.2) is 18.2 Å². The molecule has 1 unspecified atom stereocenters. The van der Waals surface area contributed by atoms with Gasteiger partial charge in [-0.05, 0) is 49.9 Å². The fourth-order valence-corrected chi connectivity index (χ4v) is 3.38. The van der Waals surface area contributed by atoms with Crippen LogP contribution in [0.5, 0.6) is 5.75 Å². The maximum Gasteiger partial charge on any atom is 0.334 e. The number of hydrogen-bond acceptors (Lipinski definition) is 3. The number of carboxylic acid groups (broad SMARTS) is 1. The van der Waals surface area contributed by atoms with Gasteiger partial charge < -0.3 is 14.7 Å². The lowest BCUT2D eigenvalue weighted by molar-refractivity contribution is -0.162. The first-order chi connectivity index (χ1) is 9.84. The third-order valence-electron chi connectivity index (χ3n) is 4.14. The summed E-state index contributed by atoms with van der Waals surface area (Å²) in [6.07, 6.45) is 1.03. The molecule has 0 aliphatic heterocycles.